The number of nitrogens with zero attached hydrogens (tertiary/aromatic N) is 1. The lowest BCUT2D eigenvalue weighted by atomic mass is 10.3. The van der Waals surface area contributed by atoms with E-state index in [2.05, 4.69) is 10.5 Å². The van der Waals surface area contributed by atoms with Crippen molar-refractivity contribution in [2.75, 3.05) is 13.2 Å². The van der Waals surface area contributed by atoms with Crippen molar-refractivity contribution in [3.8, 4) is 11.5 Å². The van der Waals surface area contributed by atoms with Crippen LogP contribution in [0.5, 0.6) is 11.5 Å². The summed E-state index contributed by atoms with van der Waals surface area (Å²) in [5, 5.41) is 17.2. The second kappa shape index (κ2) is 10.5. The summed E-state index contributed by atoms with van der Waals surface area (Å²) in [5.74, 6) is 1.82. The number of nitrogens with one attached hydrogen (secondary N) is 1. The first-order valence-corrected chi connectivity index (χ1v) is 8.21. The molecule has 25 heavy (non-hydrogen) atoms. The molecule has 0 aliphatic carbocycles. The molecule has 1 unspecified atom stereocenters. The van der Waals surface area contributed by atoms with Gasteiger partial charge in [0.1, 0.15) is 29.2 Å². The van der Waals surface area contributed by atoms with E-state index in [1.54, 1.807) is 31.2 Å². The molecule has 0 amide bonds. The Hall–Kier alpha value is -1.47. The molecule has 1 heterocycles. The van der Waals surface area contributed by atoms with E-state index in [-0.39, 0.29) is 25.6 Å². The van der Waals surface area contributed by atoms with Gasteiger partial charge in [-0.2, -0.15) is 0 Å². The van der Waals surface area contributed by atoms with E-state index in [0.29, 0.717) is 40.6 Å². The van der Waals surface area contributed by atoms with Crippen LogP contribution in [0.15, 0.2) is 28.8 Å². The molecule has 0 fully saturated rings. The molecule has 2 N–H and O–H groups in total. The van der Waals surface area contributed by atoms with Gasteiger partial charge in [0.15, 0.2) is 12.4 Å². The lowest BCUT2D eigenvalue weighted by molar-refractivity contribution is 0.104. The number of aryl methyl sites for hydroxylation is 1. The van der Waals surface area contributed by atoms with Crippen molar-refractivity contribution < 1.29 is 19.1 Å². The summed E-state index contributed by atoms with van der Waals surface area (Å²) >= 11 is 6.03. The zero-order valence-electron chi connectivity index (χ0n) is 14.5. The van der Waals surface area contributed by atoms with Crippen molar-refractivity contribution >= 4 is 24.0 Å². The molecule has 1 aromatic carbocycles. The fourth-order valence-electron chi connectivity index (χ4n) is 1.90. The van der Waals surface area contributed by atoms with Gasteiger partial charge < -0.3 is 24.4 Å². The third kappa shape index (κ3) is 7.12. The van der Waals surface area contributed by atoms with Gasteiger partial charge in [0.25, 0.3) is 0 Å². The Morgan fingerprint density at radius 2 is 1.80 bits per heavy atom. The molecule has 0 spiro atoms. The summed E-state index contributed by atoms with van der Waals surface area (Å²) in [4.78, 5) is 0. The quantitative estimate of drug-likeness (QED) is 0.683. The van der Waals surface area contributed by atoms with Gasteiger partial charge in [0, 0.05) is 12.6 Å². The molecule has 2 aromatic rings. The van der Waals surface area contributed by atoms with Crippen molar-refractivity contribution in [2.45, 2.75) is 39.5 Å². The third-order valence-electron chi connectivity index (χ3n) is 3.25. The number of hydrogen-bond donors (Lipinski definition) is 2. The summed E-state index contributed by atoms with van der Waals surface area (Å²) in [6.07, 6.45) is -0.555. The summed E-state index contributed by atoms with van der Waals surface area (Å²) in [7, 11) is 0. The molecular weight excluding hydrogens is 367 g/mol. The highest BCUT2D eigenvalue weighted by atomic mass is 35.5. The van der Waals surface area contributed by atoms with Crippen molar-refractivity contribution in [2.24, 2.45) is 0 Å². The van der Waals surface area contributed by atoms with E-state index >= 15 is 0 Å². The smallest absolute Gasteiger partial charge is 0.192 e. The van der Waals surface area contributed by atoms with Gasteiger partial charge in [-0.15, -0.1) is 12.4 Å². The average Bonchev–Trinajstić information content (AvgIpc) is 2.89. The number of aliphatic hydroxyl groups is 1. The Balaban J connectivity index is 0.00000312. The molecule has 6 nitrogen and oxygen atoms in total. The fourth-order valence-corrected chi connectivity index (χ4v) is 2.02. The van der Waals surface area contributed by atoms with Crippen LogP contribution in [0.3, 0.4) is 0 Å². The van der Waals surface area contributed by atoms with Crippen LogP contribution in [0.2, 0.25) is 5.02 Å². The first kappa shape index (κ1) is 21.6. The van der Waals surface area contributed by atoms with Crippen molar-refractivity contribution in [1.82, 2.24) is 10.5 Å². The van der Waals surface area contributed by atoms with Crippen molar-refractivity contribution in [1.29, 1.82) is 0 Å². The van der Waals surface area contributed by atoms with Gasteiger partial charge in [-0.05, 0) is 31.2 Å². The zero-order valence-corrected chi connectivity index (χ0v) is 16.1. The molecule has 0 radical (unpaired) electrons. The van der Waals surface area contributed by atoms with Crippen LogP contribution in [0, 0.1) is 6.92 Å². The maximum atomic E-state index is 9.81. The minimum Gasteiger partial charge on any atom is -0.491 e. The maximum absolute atomic E-state index is 9.81. The number of hydrogen-bond acceptors (Lipinski definition) is 6. The highest BCUT2D eigenvalue weighted by Crippen LogP contribution is 2.23. The topological polar surface area (TPSA) is 76.8 Å². The number of halogens is 2. The Kier molecular flexibility index (Phi) is 9.06. The standard InChI is InChI=1S/C17H23ClN2O4.ClH/c1-11(2)19-8-13(21)9-22-14-4-6-15(7-5-14)23-10-16-17(18)12(3)20-24-16;/h4-7,11,13,19,21H,8-10H2,1-3H3;1H. The Morgan fingerprint density at radius 1 is 1.20 bits per heavy atom. The zero-order chi connectivity index (χ0) is 17.5. The van der Waals surface area contributed by atoms with Crippen molar-refractivity contribution in [3.63, 3.8) is 0 Å². The second-order valence-corrected chi connectivity index (χ2v) is 6.17. The van der Waals surface area contributed by atoms with E-state index < -0.39 is 6.10 Å². The number of rotatable bonds is 9. The molecule has 8 heteroatoms. The van der Waals surface area contributed by atoms with E-state index in [1.165, 1.54) is 0 Å². The monoisotopic (exact) mass is 390 g/mol. The predicted octanol–water partition coefficient (Wildman–Crippen LogP) is 3.37. The SMILES string of the molecule is Cc1noc(COc2ccc(OCC(O)CNC(C)C)cc2)c1Cl.Cl. The minimum absolute atomic E-state index is 0. The summed E-state index contributed by atoms with van der Waals surface area (Å²) in [5.41, 5.74) is 0.643. The van der Waals surface area contributed by atoms with Crippen LogP contribution in [0.4, 0.5) is 0 Å². The Labute approximate surface area is 158 Å². The van der Waals surface area contributed by atoms with E-state index in [4.69, 9.17) is 25.6 Å². The second-order valence-electron chi connectivity index (χ2n) is 5.79. The first-order valence-electron chi connectivity index (χ1n) is 7.83. The van der Waals surface area contributed by atoms with Crippen LogP contribution >= 0.6 is 24.0 Å². The molecule has 0 aliphatic rings. The summed E-state index contributed by atoms with van der Waals surface area (Å²) in [6, 6.07) is 7.46. The largest absolute Gasteiger partial charge is 0.491 e. The Morgan fingerprint density at radius 3 is 2.32 bits per heavy atom. The molecule has 1 aromatic heterocycles. The van der Waals surface area contributed by atoms with Gasteiger partial charge in [0.05, 0.1) is 5.69 Å². The predicted molar refractivity (Wildman–Crippen MR) is 98.9 cm³/mol. The highest BCUT2D eigenvalue weighted by Gasteiger charge is 2.11. The lowest BCUT2D eigenvalue weighted by Gasteiger charge is -2.15. The van der Waals surface area contributed by atoms with Gasteiger partial charge in [-0.1, -0.05) is 30.6 Å². The molecule has 0 bridgehead atoms. The number of aliphatic hydroxyl groups excluding tert-OH is 1. The number of ether oxygens (including phenoxy) is 2. The van der Waals surface area contributed by atoms with Crippen molar-refractivity contribution in [3.05, 3.63) is 40.7 Å². The molecule has 2 rings (SSSR count). The molecule has 0 saturated heterocycles. The van der Waals surface area contributed by atoms with Gasteiger partial charge >= 0.3 is 0 Å². The highest BCUT2D eigenvalue weighted by molar-refractivity contribution is 6.31. The van der Waals surface area contributed by atoms with Crippen LogP contribution in [0.25, 0.3) is 0 Å². The molecular formula is C17H24Cl2N2O4. The molecule has 1 atom stereocenters. The fraction of sp³-hybridized carbons (Fsp3) is 0.471. The lowest BCUT2D eigenvalue weighted by Crippen LogP contribution is -2.35. The van der Waals surface area contributed by atoms with Crippen LogP contribution in [-0.4, -0.2) is 35.6 Å². The molecule has 0 aliphatic heterocycles. The van der Waals surface area contributed by atoms with E-state index in [9.17, 15) is 5.11 Å². The minimum atomic E-state index is -0.555. The third-order valence-corrected chi connectivity index (χ3v) is 3.74. The van der Waals surface area contributed by atoms with Crippen LogP contribution in [0.1, 0.15) is 25.3 Å². The Bertz CT molecular complexity index is 632. The van der Waals surface area contributed by atoms with Crippen LogP contribution in [-0.2, 0) is 6.61 Å². The summed E-state index contributed by atoms with van der Waals surface area (Å²) < 4.78 is 16.2. The molecule has 140 valence electrons. The van der Waals surface area contributed by atoms with Gasteiger partial charge in [0.2, 0.25) is 0 Å². The summed E-state index contributed by atoms with van der Waals surface area (Å²) in [6.45, 7) is 6.76. The van der Waals surface area contributed by atoms with Gasteiger partial charge in [-0.25, -0.2) is 0 Å². The maximum Gasteiger partial charge on any atom is 0.192 e. The first-order chi connectivity index (χ1) is 11.5. The number of aromatic nitrogens is 1. The molecule has 0 saturated carbocycles. The van der Waals surface area contributed by atoms with Crippen LogP contribution < -0.4 is 14.8 Å². The number of benzene rings is 1. The van der Waals surface area contributed by atoms with Gasteiger partial charge in [-0.3, -0.25) is 0 Å². The van der Waals surface area contributed by atoms with E-state index in [0.717, 1.165) is 0 Å². The normalized spacial score (nSPS) is 11.9. The average molecular weight is 391 g/mol. The van der Waals surface area contributed by atoms with E-state index in [1.807, 2.05) is 13.8 Å².